The lowest BCUT2D eigenvalue weighted by atomic mass is 9.85. The first kappa shape index (κ1) is 38.5. The Morgan fingerprint density at radius 1 is 1.02 bits per heavy atom. The van der Waals surface area contributed by atoms with Crippen molar-refractivity contribution in [2.24, 2.45) is 17.8 Å². The van der Waals surface area contributed by atoms with Crippen LogP contribution in [0.1, 0.15) is 86.5 Å². The van der Waals surface area contributed by atoms with Crippen LogP contribution in [0.3, 0.4) is 0 Å². The molecule has 2 saturated heterocycles. The van der Waals surface area contributed by atoms with E-state index in [-0.39, 0.29) is 43.0 Å². The van der Waals surface area contributed by atoms with Gasteiger partial charge in [-0.3, -0.25) is 14.4 Å². The number of nitrogens with zero attached hydrogens (tertiary/aromatic N) is 1. The number of piperidine rings is 1. The van der Waals surface area contributed by atoms with Crippen LogP contribution in [-0.2, 0) is 38.1 Å². The molecule has 0 aromatic carbocycles. The summed E-state index contributed by atoms with van der Waals surface area (Å²) in [6.07, 6.45) is 12.6. The number of methoxy groups -OCH3 is 2. The molecule has 0 aliphatic carbocycles. The first-order valence-electron chi connectivity index (χ1n) is 16.3. The lowest BCUT2D eigenvalue weighted by molar-refractivity contribution is -0.265. The Morgan fingerprint density at radius 2 is 1.73 bits per heavy atom. The highest BCUT2D eigenvalue weighted by Crippen LogP contribution is 2.36. The first-order valence-corrected chi connectivity index (χ1v) is 16.3. The molecule has 0 aromatic heterocycles. The third-order valence-corrected chi connectivity index (χ3v) is 8.70. The largest absolute Gasteiger partial charge is 0.461 e. The third-order valence-electron chi connectivity index (χ3n) is 8.70. The second kappa shape index (κ2) is 18.5. The highest BCUT2D eigenvalue weighted by Gasteiger charge is 2.52. The number of carbonyl (C=O) groups excluding carboxylic acids is 4. The van der Waals surface area contributed by atoms with Gasteiger partial charge in [0.2, 0.25) is 5.79 Å². The van der Waals surface area contributed by atoms with Crippen LogP contribution >= 0.6 is 0 Å². The summed E-state index contributed by atoms with van der Waals surface area (Å²) >= 11 is 0. The van der Waals surface area contributed by atoms with Gasteiger partial charge in [0.05, 0.1) is 18.3 Å². The zero-order valence-electron chi connectivity index (χ0n) is 28.5. The highest BCUT2D eigenvalue weighted by atomic mass is 16.6. The van der Waals surface area contributed by atoms with E-state index in [9.17, 15) is 24.3 Å². The van der Waals surface area contributed by atoms with Crippen LogP contribution in [0, 0.1) is 17.8 Å². The average molecular weight is 634 g/mol. The minimum atomic E-state index is -2.30. The van der Waals surface area contributed by atoms with Gasteiger partial charge in [0, 0.05) is 39.0 Å². The maximum atomic E-state index is 13.5. The number of esters is 1. The summed E-state index contributed by atoms with van der Waals surface area (Å²) in [4.78, 5) is 52.8. The van der Waals surface area contributed by atoms with Crippen LogP contribution < -0.4 is 0 Å². The van der Waals surface area contributed by atoms with Gasteiger partial charge in [0.25, 0.3) is 11.7 Å². The van der Waals surface area contributed by atoms with Crippen LogP contribution in [0.5, 0.6) is 0 Å². The van der Waals surface area contributed by atoms with Crippen molar-refractivity contribution in [2.45, 2.75) is 117 Å². The molecular weight excluding hydrogens is 578 g/mol. The lowest BCUT2D eigenvalue weighted by Crippen LogP contribution is -2.60. The van der Waals surface area contributed by atoms with Gasteiger partial charge in [-0.1, -0.05) is 51.2 Å². The molecule has 1 N–H and O–H groups in total. The standard InChI is InChI=1S/C35H55NO9/c1-23(2)44-34(40)29-16-12-13-19-36(29)33(39)32(38)35(41)27(6)17-18-28(45-35)21-31(43-8)25(4)15-11-9-10-14-24(3)20-26(5)30(37)22-42-7/h9-11,14-15,23-24,26-29,31,41H,12-13,16-22H2,1-8H3/t24-,26-,27-,28+,29?,31+,35-/m1/s1. The molecule has 0 saturated carbocycles. The zero-order valence-corrected chi connectivity index (χ0v) is 28.5. The molecule has 2 aliphatic rings. The molecule has 254 valence electrons. The number of aliphatic hydroxyl groups is 1. The van der Waals surface area contributed by atoms with E-state index in [0.717, 1.165) is 18.4 Å². The van der Waals surface area contributed by atoms with E-state index in [1.807, 2.05) is 38.2 Å². The molecule has 7 atom stereocenters. The van der Waals surface area contributed by atoms with Gasteiger partial charge in [-0.2, -0.15) is 0 Å². The number of likely N-dealkylation sites (tertiary alicyclic amines) is 1. The Bertz CT molecular complexity index is 1100. The third kappa shape index (κ3) is 11.3. The number of ether oxygens (including phenoxy) is 4. The molecule has 1 amide bonds. The maximum absolute atomic E-state index is 13.5. The van der Waals surface area contributed by atoms with Crippen LogP contribution in [-0.4, -0.2) is 91.0 Å². The van der Waals surface area contributed by atoms with Crippen molar-refractivity contribution in [1.82, 2.24) is 4.90 Å². The maximum Gasteiger partial charge on any atom is 0.329 e. The first-order chi connectivity index (χ1) is 21.2. The van der Waals surface area contributed by atoms with Gasteiger partial charge in [-0.05, 0) is 70.8 Å². The molecule has 0 aromatic rings. The summed E-state index contributed by atoms with van der Waals surface area (Å²) in [6, 6.07) is -0.860. The molecular formula is C35H55NO9. The van der Waals surface area contributed by atoms with Gasteiger partial charge in [-0.25, -0.2) is 4.79 Å². The quantitative estimate of drug-likeness (QED) is 0.146. The van der Waals surface area contributed by atoms with Crippen molar-refractivity contribution in [3.05, 3.63) is 36.0 Å². The molecule has 2 fully saturated rings. The van der Waals surface area contributed by atoms with E-state index >= 15 is 0 Å². The summed E-state index contributed by atoms with van der Waals surface area (Å²) in [5.41, 5.74) is 0.932. The van der Waals surface area contributed by atoms with E-state index in [1.54, 1.807) is 27.9 Å². The fourth-order valence-corrected chi connectivity index (χ4v) is 5.91. The molecule has 10 heteroatoms. The van der Waals surface area contributed by atoms with Gasteiger partial charge in [0.15, 0.2) is 5.78 Å². The Kier molecular flexibility index (Phi) is 15.8. The number of rotatable bonds is 16. The minimum absolute atomic E-state index is 0.0653. The molecule has 45 heavy (non-hydrogen) atoms. The monoisotopic (exact) mass is 633 g/mol. The van der Waals surface area contributed by atoms with Gasteiger partial charge < -0.3 is 29.0 Å². The topological polar surface area (TPSA) is 129 Å². The SMILES string of the molecule is COCC(=O)[C@H](C)C[C@H](C)C=CC=CC=C(C)[C@H](C[C@@H]1CC[C@@H](C)[C@](O)(C(=O)C(=O)N2CCCCC2C(=O)OC(C)C)O1)OC. The predicted octanol–water partition coefficient (Wildman–Crippen LogP) is 4.73. The van der Waals surface area contributed by atoms with E-state index < -0.39 is 41.5 Å². The Hall–Kier alpha value is -2.66. The van der Waals surface area contributed by atoms with Crippen molar-refractivity contribution in [2.75, 3.05) is 27.4 Å². The van der Waals surface area contributed by atoms with Crippen molar-refractivity contribution >= 4 is 23.4 Å². The van der Waals surface area contributed by atoms with Crippen molar-refractivity contribution in [1.29, 1.82) is 0 Å². The van der Waals surface area contributed by atoms with Crippen molar-refractivity contribution in [3.8, 4) is 0 Å². The number of hydrogen-bond acceptors (Lipinski definition) is 9. The molecule has 0 radical (unpaired) electrons. The molecule has 0 bridgehead atoms. The van der Waals surface area contributed by atoms with Gasteiger partial charge in [-0.15, -0.1) is 0 Å². The summed E-state index contributed by atoms with van der Waals surface area (Å²) in [5.74, 6) is -5.14. The lowest BCUT2D eigenvalue weighted by Gasteiger charge is -2.42. The summed E-state index contributed by atoms with van der Waals surface area (Å²) in [6.45, 7) is 11.5. The Labute approximate surface area is 269 Å². The van der Waals surface area contributed by atoms with Gasteiger partial charge in [0.1, 0.15) is 12.6 Å². The number of amides is 1. The molecule has 0 spiro atoms. The van der Waals surface area contributed by atoms with Crippen molar-refractivity contribution in [3.63, 3.8) is 0 Å². The smallest absolute Gasteiger partial charge is 0.329 e. The zero-order chi connectivity index (χ0) is 33.7. The molecule has 2 aliphatic heterocycles. The molecule has 2 rings (SSSR count). The number of Topliss-reactive ketones (excluding diaryl/α,β-unsaturated/α-hetero) is 2. The van der Waals surface area contributed by atoms with Crippen LogP contribution in [0.4, 0.5) is 0 Å². The normalized spacial score (nSPS) is 26.7. The highest BCUT2D eigenvalue weighted by molar-refractivity contribution is 6.39. The number of ketones is 2. The number of carbonyl (C=O) groups is 4. The average Bonchev–Trinajstić information content (AvgIpc) is 3.00. The van der Waals surface area contributed by atoms with Crippen LogP contribution in [0.2, 0.25) is 0 Å². The Morgan fingerprint density at radius 3 is 2.38 bits per heavy atom. The van der Waals surface area contributed by atoms with Crippen LogP contribution in [0.15, 0.2) is 36.0 Å². The second-order valence-corrected chi connectivity index (χ2v) is 12.9. The molecule has 10 nitrogen and oxygen atoms in total. The Balaban J connectivity index is 2.04. The van der Waals surface area contributed by atoms with E-state index in [4.69, 9.17) is 18.9 Å². The van der Waals surface area contributed by atoms with Crippen LogP contribution in [0.25, 0.3) is 0 Å². The van der Waals surface area contributed by atoms with E-state index in [0.29, 0.717) is 32.1 Å². The number of hydrogen-bond donors (Lipinski definition) is 1. The summed E-state index contributed by atoms with van der Waals surface area (Å²) < 4.78 is 22.0. The fraction of sp³-hybridized carbons (Fsp3) is 0.714. The predicted molar refractivity (Wildman–Crippen MR) is 171 cm³/mol. The van der Waals surface area contributed by atoms with E-state index in [2.05, 4.69) is 13.0 Å². The summed E-state index contributed by atoms with van der Waals surface area (Å²) in [5, 5.41) is 11.5. The van der Waals surface area contributed by atoms with Crippen molar-refractivity contribution < 1.29 is 43.2 Å². The fourth-order valence-electron chi connectivity index (χ4n) is 5.91. The molecule has 2 heterocycles. The van der Waals surface area contributed by atoms with E-state index in [1.165, 1.54) is 12.0 Å². The second-order valence-electron chi connectivity index (χ2n) is 12.9. The summed E-state index contributed by atoms with van der Waals surface area (Å²) in [7, 11) is 3.12. The molecule has 1 unspecified atom stereocenters. The number of allylic oxidation sites excluding steroid dienone is 5. The minimum Gasteiger partial charge on any atom is -0.461 e. The van der Waals surface area contributed by atoms with Gasteiger partial charge >= 0.3 is 5.97 Å².